The highest BCUT2D eigenvalue weighted by molar-refractivity contribution is 7.99. The molecule has 2 fully saturated rings. The predicted octanol–water partition coefficient (Wildman–Crippen LogP) is 3.61. The Bertz CT molecular complexity index is 1090. The molecule has 0 radical (unpaired) electrons. The maximum absolute atomic E-state index is 14.1. The molecule has 2 amide bonds. The zero-order valence-corrected chi connectivity index (χ0v) is 22.1. The van der Waals surface area contributed by atoms with Crippen LogP contribution in [-0.2, 0) is 4.79 Å². The number of rotatable bonds is 8. The molecule has 0 spiro atoms. The summed E-state index contributed by atoms with van der Waals surface area (Å²) in [5, 5.41) is -0.395. The number of nitrogens with zero attached hydrogens (tertiary/aromatic N) is 2. The molecule has 2 aromatic rings. The van der Waals surface area contributed by atoms with Crippen LogP contribution in [0, 0.1) is 0 Å². The van der Waals surface area contributed by atoms with Gasteiger partial charge in [0, 0.05) is 24.4 Å². The average Bonchev–Trinajstić information content (AvgIpc) is 3.61. The summed E-state index contributed by atoms with van der Waals surface area (Å²) in [7, 11) is 7.67. The number of amides is 2. The van der Waals surface area contributed by atoms with Crippen LogP contribution in [-0.4, -0.2) is 82.0 Å². The van der Waals surface area contributed by atoms with Gasteiger partial charge in [0.25, 0.3) is 5.91 Å². The molecule has 4 rings (SSSR count). The van der Waals surface area contributed by atoms with Crippen molar-refractivity contribution in [2.24, 2.45) is 0 Å². The zero-order valence-electron chi connectivity index (χ0n) is 21.2. The van der Waals surface area contributed by atoms with E-state index >= 15 is 0 Å². The molecule has 0 saturated carbocycles. The average molecular weight is 517 g/mol. The lowest BCUT2D eigenvalue weighted by atomic mass is 10.1. The van der Waals surface area contributed by atoms with E-state index < -0.39 is 11.4 Å². The van der Waals surface area contributed by atoms with E-state index in [0.717, 1.165) is 18.4 Å². The van der Waals surface area contributed by atoms with Crippen molar-refractivity contribution < 1.29 is 33.3 Å². The van der Waals surface area contributed by atoms with Gasteiger partial charge in [-0.2, -0.15) is 0 Å². The molecule has 0 aliphatic carbocycles. The normalized spacial score (nSPS) is 19.2. The van der Waals surface area contributed by atoms with Crippen LogP contribution in [0.1, 0.15) is 34.1 Å². The molecule has 0 aromatic heterocycles. The largest absolute Gasteiger partial charge is 0.493 e. The molecular weight excluding hydrogens is 484 g/mol. The van der Waals surface area contributed by atoms with E-state index in [1.54, 1.807) is 43.0 Å². The minimum atomic E-state index is -0.599. The number of hydrogen-bond donors (Lipinski definition) is 0. The van der Waals surface area contributed by atoms with Crippen LogP contribution in [0.4, 0.5) is 0 Å². The van der Waals surface area contributed by atoms with Crippen LogP contribution in [0.15, 0.2) is 30.3 Å². The minimum absolute atomic E-state index is 0.0243. The van der Waals surface area contributed by atoms with E-state index in [2.05, 4.69) is 0 Å². The lowest BCUT2D eigenvalue weighted by Gasteiger charge is -2.31. The Morgan fingerprint density at radius 1 is 0.806 bits per heavy atom. The quantitative estimate of drug-likeness (QED) is 0.526. The Labute approximate surface area is 215 Å². The van der Waals surface area contributed by atoms with Gasteiger partial charge in [0.15, 0.2) is 23.0 Å². The van der Waals surface area contributed by atoms with Crippen molar-refractivity contribution in [2.45, 2.75) is 24.3 Å². The summed E-state index contributed by atoms with van der Waals surface area (Å²) in [6, 6.07) is 8.21. The van der Waals surface area contributed by atoms with Gasteiger partial charge in [-0.15, -0.1) is 11.8 Å². The number of methoxy groups -OCH3 is 5. The fourth-order valence-corrected chi connectivity index (χ4v) is 6.12. The highest BCUT2D eigenvalue weighted by atomic mass is 32.2. The molecule has 2 atom stereocenters. The maximum atomic E-state index is 14.1. The predicted molar refractivity (Wildman–Crippen MR) is 137 cm³/mol. The molecule has 36 heavy (non-hydrogen) atoms. The van der Waals surface area contributed by atoms with Crippen LogP contribution < -0.4 is 23.7 Å². The molecule has 2 unspecified atom stereocenters. The number of ether oxygens (including phenoxy) is 5. The second kappa shape index (κ2) is 11.2. The molecule has 10 heteroatoms. The number of thioether (sulfide) groups is 1. The van der Waals surface area contributed by atoms with Gasteiger partial charge in [-0.25, -0.2) is 0 Å². The molecule has 2 saturated heterocycles. The van der Waals surface area contributed by atoms with E-state index in [1.807, 2.05) is 23.1 Å². The number of hydrogen-bond acceptors (Lipinski definition) is 8. The lowest BCUT2D eigenvalue weighted by Crippen LogP contribution is -2.48. The van der Waals surface area contributed by atoms with Crippen molar-refractivity contribution in [3.63, 3.8) is 0 Å². The number of carbonyl (C=O) groups is 2. The smallest absolute Gasteiger partial charge is 0.256 e. The number of likely N-dealkylation sites (tertiary alicyclic amines) is 1. The summed E-state index contributed by atoms with van der Waals surface area (Å²) < 4.78 is 27.2. The summed E-state index contributed by atoms with van der Waals surface area (Å²) in [6.45, 7) is 1.43. The Morgan fingerprint density at radius 3 is 1.97 bits per heavy atom. The summed E-state index contributed by atoms with van der Waals surface area (Å²) in [5.74, 6) is 2.47. The SMILES string of the molecule is COc1ccc(C2SCC(C(=O)N3CCCC3)N2C(=O)c2cc(OC)c(OC)c(OC)c2)cc1OC. The molecule has 9 nitrogen and oxygen atoms in total. The molecule has 2 aromatic carbocycles. The standard InChI is InChI=1S/C26H32N2O7S/c1-31-19-9-8-16(12-20(19)32-2)26-28(18(15-36-26)25(30)27-10-6-7-11-27)24(29)17-13-21(33-3)23(35-5)22(14-17)34-4/h8-9,12-14,18,26H,6-7,10-11,15H2,1-5H3. The second-order valence-electron chi connectivity index (χ2n) is 8.47. The van der Waals surface area contributed by atoms with Crippen LogP contribution >= 0.6 is 11.8 Å². The van der Waals surface area contributed by atoms with Crippen molar-refractivity contribution in [2.75, 3.05) is 54.4 Å². The van der Waals surface area contributed by atoms with Crippen molar-refractivity contribution in [3.8, 4) is 28.7 Å². The maximum Gasteiger partial charge on any atom is 0.256 e. The van der Waals surface area contributed by atoms with Gasteiger partial charge < -0.3 is 33.5 Å². The van der Waals surface area contributed by atoms with Crippen molar-refractivity contribution >= 4 is 23.6 Å². The molecule has 2 aliphatic rings. The molecular formula is C26H32N2O7S. The Kier molecular flexibility index (Phi) is 8.03. The van der Waals surface area contributed by atoms with Gasteiger partial charge in [-0.05, 0) is 42.7 Å². The van der Waals surface area contributed by atoms with Gasteiger partial charge in [-0.1, -0.05) is 6.07 Å². The van der Waals surface area contributed by atoms with Crippen molar-refractivity contribution in [1.82, 2.24) is 9.80 Å². The summed E-state index contributed by atoms with van der Waals surface area (Å²) in [6.07, 6.45) is 1.96. The Hall–Kier alpha value is -3.27. The Morgan fingerprint density at radius 2 is 1.42 bits per heavy atom. The first-order chi connectivity index (χ1) is 17.5. The number of carbonyl (C=O) groups excluding carboxylic acids is 2. The van der Waals surface area contributed by atoms with E-state index in [0.29, 0.717) is 53.2 Å². The Balaban J connectivity index is 1.77. The van der Waals surface area contributed by atoms with Gasteiger partial charge in [0.2, 0.25) is 11.7 Å². The highest BCUT2D eigenvalue weighted by Crippen LogP contribution is 2.46. The third-order valence-corrected chi connectivity index (χ3v) is 7.87. The summed E-state index contributed by atoms with van der Waals surface area (Å²) in [5.41, 5.74) is 1.19. The van der Waals surface area contributed by atoms with E-state index in [-0.39, 0.29) is 11.8 Å². The minimum Gasteiger partial charge on any atom is -0.493 e. The number of benzene rings is 2. The van der Waals surface area contributed by atoms with Gasteiger partial charge >= 0.3 is 0 Å². The topological polar surface area (TPSA) is 86.8 Å². The van der Waals surface area contributed by atoms with E-state index in [1.165, 1.54) is 21.3 Å². The molecule has 2 heterocycles. The van der Waals surface area contributed by atoms with Gasteiger partial charge in [-0.3, -0.25) is 9.59 Å². The van der Waals surface area contributed by atoms with Crippen LogP contribution in [0.25, 0.3) is 0 Å². The van der Waals surface area contributed by atoms with Crippen LogP contribution in [0.3, 0.4) is 0 Å². The second-order valence-corrected chi connectivity index (χ2v) is 9.59. The first-order valence-corrected chi connectivity index (χ1v) is 12.8. The highest BCUT2D eigenvalue weighted by Gasteiger charge is 2.45. The van der Waals surface area contributed by atoms with Crippen molar-refractivity contribution in [3.05, 3.63) is 41.5 Å². The first-order valence-electron chi connectivity index (χ1n) is 11.7. The van der Waals surface area contributed by atoms with E-state index in [9.17, 15) is 9.59 Å². The first kappa shape index (κ1) is 25.8. The zero-order chi connectivity index (χ0) is 25.8. The van der Waals surface area contributed by atoms with E-state index in [4.69, 9.17) is 23.7 Å². The molecule has 0 N–H and O–H groups in total. The third-order valence-electron chi connectivity index (χ3n) is 6.54. The fraction of sp³-hybridized carbons (Fsp3) is 0.462. The lowest BCUT2D eigenvalue weighted by molar-refractivity contribution is -0.134. The monoisotopic (exact) mass is 516 g/mol. The molecule has 194 valence electrons. The molecule has 2 aliphatic heterocycles. The van der Waals surface area contributed by atoms with Crippen molar-refractivity contribution in [1.29, 1.82) is 0 Å². The van der Waals surface area contributed by atoms with Gasteiger partial charge in [0.05, 0.1) is 35.5 Å². The van der Waals surface area contributed by atoms with Gasteiger partial charge in [0.1, 0.15) is 11.4 Å². The molecule has 0 bridgehead atoms. The van der Waals surface area contributed by atoms with Crippen LogP contribution in [0.2, 0.25) is 0 Å². The van der Waals surface area contributed by atoms with Crippen LogP contribution in [0.5, 0.6) is 28.7 Å². The third kappa shape index (κ3) is 4.74. The summed E-state index contributed by atoms with van der Waals surface area (Å²) >= 11 is 1.56. The fourth-order valence-electron chi connectivity index (χ4n) is 4.71. The summed E-state index contributed by atoms with van der Waals surface area (Å²) in [4.78, 5) is 31.2.